The van der Waals surface area contributed by atoms with Crippen molar-refractivity contribution in [1.29, 1.82) is 0 Å². The summed E-state index contributed by atoms with van der Waals surface area (Å²) in [6.07, 6.45) is 1.63. The van der Waals surface area contributed by atoms with Crippen molar-refractivity contribution in [3.8, 4) is 5.75 Å². The number of carbonyl (C=O) groups is 1. The van der Waals surface area contributed by atoms with Crippen molar-refractivity contribution in [2.75, 3.05) is 13.2 Å². The monoisotopic (exact) mass is 337 g/mol. The van der Waals surface area contributed by atoms with Gasteiger partial charge in [-0.2, -0.15) is 0 Å². The van der Waals surface area contributed by atoms with E-state index in [9.17, 15) is 4.79 Å². The number of nitrogens with zero attached hydrogens (tertiary/aromatic N) is 1. The zero-order valence-electron chi connectivity index (χ0n) is 14.6. The van der Waals surface area contributed by atoms with Crippen molar-refractivity contribution in [2.45, 2.75) is 26.7 Å². The van der Waals surface area contributed by atoms with E-state index in [-0.39, 0.29) is 12.5 Å². The van der Waals surface area contributed by atoms with Gasteiger partial charge < -0.3 is 15.0 Å². The third kappa shape index (κ3) is 4.59. The first kappa shape index (κ1) is 17.0. The number of para-hydroxylation sites is 2. The fourth-order valence-electron chi connectivity index (χ4n) is 2.61. The van der Waals surface area contributed by atoms with Crippen LogP contribution in [-0.4, -0.2) is 29.0 Å². The van der Waals surface area contributed by atoms with Crippen molar-refractivity contribution in [2.24, 2.45) is 0 Å². The summed E-state index contributed by atoms with van der Waals surface area (Å²) in [6.45, 7) is 4.72. The first-order valence-electron chi connectivity index (χ1n) is 8.52. The molecule has 0 aliphatic rings. The molecule has 0 saturated heterocycles. The zero-order valence-corrected chi connectivity index (χ0v) is 14.6. The smallest absolute Gasteiger partial charge is 0.257 e. The summed E-state index contributed by atoms with van der Waals surface area (Å²) in [5.74, 6) is 1.56. The summed E-state index contributed by atoms with van der Waals surface area (Å²) in [5, 5.41) is 2.88. The van der Waals surface area contributed by atoms with Crippen molar-refractivity contribution in [3.05, 3.63) is 59.4 Å². The second-order valence-electron chi connectivity index (χ2n) is 6.19. The van der Waals surface area contributed by atoms with Gasteiger partial charge in [0.25, 0.3) is 5.91 Å². The molecular formula is C20H23N3O2. The Hall–Kier alpha value is -2.82. The quantitative estimate of drug-likeness (QED) is 0.650. The topological polar surface area (TPSA) is 67.0 Å². The first-order chi connectivity index (χ1) is 12.1. The van der Waals surface area contributed by atoms with Crippen LogP contribution in [0.4, 0.5) is 0 Å². The number of aromatic nitrogens is 2. The van der Waals surface area contributed by atoms with Gasteiger partial charge in [0.05, 0.1) is 11.0 Å². The van der Waals surface area contributed by atoms with Crippen LogP contribution in [0.15, 0.2) is 42.5 Å². The van der Waals surface area contributed by atoms with Crippen molar-refractivity contribution >= 4 is 16.9 Å². The molecule has 0 bridgehead atoms. The Bertz CT molecular complexity index is 837. The average Bonchev–Trinajstić information content (AvgIpc) is 3.02. The van der Waals surface area contributed by atoms with E-state index in [0.29, 0.717) is 6.54 Å². The number of fused-ring (bicyclic) bond motifs is 1. The van der Waals surface area contributed by atoms with Gasteiger partial charge in [-0.3, -0.25) is 4.79 Å². The van der Waals surface area contributed by atoms with Gasteiger partial charge in [-0.1, -0.05) is 18.2 Å². The van der Waals surface area contributed by atoms with Crippen LogP contribution in [0.2, 0.25) is 0 Å². The Labute approximate surface area is 147 Å². The van der Waals surface area contributed by atoms with Crippen LogP contribution >= 0.6 is 0 Å². The number of ether oxygens (including phenoxy) is 1. The van der Waals surface area contributed by atoms with Crippen molar-refractivity contribution in [1.82, 2.24) is 15.3 Å². The molecule has 25 heavy (non-hydrogen) atoms. The molecule has 0 saturated carbocycles. The standard InChI is InChI=1S/C20H23N3O2/c1-14-9-10-16(12-15(14)2)25-13-20(24)21-11-5-8-19-22-17-6-3-4-7-18(17)23-19/h3-4,6-7,9-10,12H,5,8,11,13H2,1-2H3,(H,21,24)(H,22,23). The number of rotatable bonds is 7. The molecule has 0 aliphatic heterocycles. The number of hydrogen-bond donors (Lipinski definition) is 2. The molecule has 1 heterocycles. The fourth-order valence-corrected chi connectivity index (χ4v) is 2.61. The SMILES string of the molecule is Cc1ccc(OCC(=O)NCCCc2nc3ccccc3[nH]2)cc1C. The average molecular weight is 337 g/mol. The van der Waals surface area contributed by atoms with E-state index in [1.807, 2.05) is 56.3 Å². The van der Waals surface area contributed by atoms with E-state index in [0.717, 1.165) is 41.0 Å². The molecule has 0 unspecified atom stereocenters. The lowest BCUT2D eigenvalue weighted by atomic mass is 10.1. The Morgan fingerprint density at radius 2 is 2.00 bits per heavy atom. The molecule has 0 radical (unpaired) electrons. The third-order valence-corrected chi connectivity index (χ3v) is 4.20. The molecular weight excluding hydrogens is 314 g/mol. The summed E-state index contributed by atoms with van der Waals surface area (Å²) in [4.78, 5) is 19.7. The number of imidazole rings is 1. The van der Waals surface area contributed by atoms with Gasteiger partial charge in [-0.05, 0) is 55.7 Å². The highest BCUT2D eigenvalue weighted by molar-refractivity contribution is 5.77. The van der Waals surface area contributed by atoms with Gasteiger partial charge in [-0.25, -0.2) is 4.98 Å². The molecule has 1 aromatic heterocycles. The third-order valence-electron chi connectivity index (χ3n) is 4.20. The van der Waals surface area contributed by atoms with E-state index in [2.05, 4.69) is 15.3 Å². The Kier molecular flexibility index (Phi) is 5.33. The molecule has 2 aromatic carbocycles. The molecule has 0 aliphatic carbocycles. The van der Waals surface area contributed by atoms with Gasteiger partial charge in [-0.15, -0.1) is 0 Å². The summed E-state index contributed by atoms with van der Waals surface area (Å²) in [6, 6.07) is 13.8. The second kappa shape index (κ2) is 7.83. The summed E-state index contributed by atoms with van der Waals surface area (Å²) in [7, 11) is 0. The highest BCUT2D eigenvalue weighted by Crippen LogP contribution is 2.16. The summed E-state index contributed by atoms with van der Waals surface area (Å²) >= 11 is 0. The van der Waals surface area contributed by atoms with Crippen LogP contribution < -0.4 is 10.1 Å². The van der Waals surface area contributed by atoms with Crippen LogP contribution in [0.5, 0.6) is 5.75 Å². The van der Waals surface area contributed by atoms with Gasteiger partial charge in [0.2, 0.25) is 0 Å². The predicted octanol–water partition coefficient (Wildman–Crippen LogP) is 3.31. The van der Waals surface area contributed by atoms with E-state index in [1.54, 1.807) is 0 Å². The zero-order chi connectivity index (χ0) is 17.6. The maximum Gasteiger partial charge on any atom is 0.257 e. The minimum absolute atomic E-state index is 0.0349. The van der Waals surface area contributed by atoms with E-state index in [4.69, 9.17) is 4.74 Å². The molecule has 5 heteroatoms. The van der Waals surface area contributed by atoms with Crippen LogP contribution in [0.3, 0.4) is 0 Å². The number of aromatic amines is 1. The Balaban J connectivity index is 1.38. The highest BCUT2D eigenvalue weighted by Gasteiger charge is 2.05. The van der Waals surface area contributed by atoms with Crippen molar-refractivity contribution in [3.63, 3.8) is 0 Å². The van der Waals surface area contributed by atoms with E-state index in [1.165, 1.54) is 5.56 Å². The van der Waals surface area contributed by atoms with Gasteiger partial charge in [0, 0.05) is 13.0 Å². The number of aryl methyl sites for hydroxylation is 3. The minimum Gasteiger partial charge on any atom is -0.484 e. The molecule has 3 rings (SSSR count). The van der Waals surface area contributed by atoms with Gasteiger partial charge in [0.1, 0.15) is 11.6 Å². The van der Waals surface area contributed by atoms with Crippen LogP contribution in [0, 0.1) is 13.8 Å². The highest BCUT2D eigenvalue weighted by atomic mass is 16.5. The largest absolute Gasteiger partial charge is 0.484 e. The Morgan fingerprint density at radius 3 is 2.80 bits per heavy atom. The molecule has 5 nitrogen and oxygen atoms in total. The number of amides is 1. The minimum atomic E-state index is -0.108. The van der Waals surface area contributed by atoms with Crippen LogP contribution in [0.1, 0.15) is 23.4 Å². The normalized spacial score (nSPS) is 10.8. The fraction of sp³-hybridized carbons (Fsp3) is 0.300. The maximum absolute atomic E-state index is 11.9. The van der Waals surface area contributed by atoms with Crippen LogP contribution in [0.25, 0.3) is 11.0 Å². The lowest BCUT2D eigenvalue weighted by Gasteiger charge is -2.08. The van der Waals surface area contributed by atoms with E-state index >= 15 is 0 Å². The van der Waals surface area contributed by atoms with Crippen molar-refractivity contribution < 1.29 is 9.53 Å². The maximum atomic E-state index is 11.9. The lowest BCUT2D eigenvalue weighted by molar-refractivity contribution is -0.123. The Morgan fingerprint density at radius 1 is 1.16 bits per heavy atom. The molecule has 0 fully saturated rings. The number of hydrogen-bond acceptors (Lipinski definition) is 3. The predicted molar refractivity (Wildman–Crippen MR) is 98.8 cm³/mol. The van der Waals surface area contributed by atoms with E-state index < -0.39 is 0 Å². The molecule has 3 aromatic rings. The number of nitrogens with one attached hydrogen (secondary N) is 2. The van der Waals surface area contributed by atoms with Gasteiger partial charge in [0.15, 0.2) is 6.61 Å². The lowest BCUT2D eigenvalue weighted by Crippen LogP contribution is -2.30. The molecule has 130 valence electrons. The van der Waals surface area contributed by atoms with Gasteiger partial charge >= 0.3 is 0 Å². The number of carbonyl (C=O) groups excluding carboxylic acids is 1. The molecule has 0 spiro atoms. The number of H-pyrrole nitrogens is 1. The molecule has 0 atom stereocenters. The molecule has 1 amide bonds. The molecule has 2 N–H and O–H groups in total. The second-order valence-corrected chi connectivity index (χ2v) is 6.19. The number of benzene rings is 2. The summed E-state index contributed by atoms with van der Waals surface area (Å²) in [5.41, 5.74) is 4.39. The summed E-state index contributed by atoms with van der Waals surface area (Å²) < 4.78 is 5.53. The van der Waals surface area contributed by atoms with Crippen LogP contribution in [-0.2, 0) is 11.2 Å². The first-order valence-corrected chi connectivity index (χ1v) is 8.52.